The van der Waals surface area contributed by atoms with Crippen LogP contribution in [0.5, 0.6) is 0 Å². The Morgan fingerprint density at radius 1 is 1.40 bits per heavy atom. The third kappa shape index (κ3) is 3.94. The monoisotopic (exact) mass is 300 g/mol. The Kier molecular flexibility index (Phi) is 5.52. The number of nitrogens with zero attached hydrogens (tertiary/aromatic N) is 1. The predicted molar refractivity (Wildman–Crippen MR) is 76.7 cm³/mol. The number of aryl methyl sites for hydroxylation is 1. The number of anilines is 1. The van der Waals surface area contributed by atoms with Crippen molar-refractivity contribution in [1.29, 1.82) is 0 Å². The zero-order valence-corrected chi connectivity index (χ0v) is 12.7. The highest BCUT2D eigenvalue weighted by Gasteiger charge is 2.21. The average molecular weight is 300 g/mol. The Hall–Kier alpha value is -1.60. The molecule has 0 bridgehead atoms. The van der Waals surface area contributed by atoms with Crippen LogP contribution >= 0.6 is 0 Å². The van der Waals surface area contributed by atoms with E-state index in [1.807, 2.05) is 0 Å². The lowest BCUT2D eigenvalue weighted by Crippen LogP contribution is -2.28. The number of carbonyl (C=O) groups is 1. The molecule has 0 spiro atoms. The molecule has 0 atom stereocenters. The van der Waals surface area contributed by atoms with Crippen LogP contribution in [0.15, 0.2) is 23.1 Å². The van der Waals surface area contributed by atoms with Crippen molar-refractivity contribution in [2.45, 2.75) is 24.7 Å². The molecule has 0 heterocycles. The molecule has 0 saturated carbocycles. The van der Waals surface area contributed by atoms with Crippen LogP contribution in [0, 0.1) is 6.92 Å². The summed E-state index contributed by atoms with van der Waals surface area (Å²) in [5, 5.41) is 0. The van der Waals surface area contributed by atoms with Gasteiger partial charge >= 0.3 is 5.97 Å². The predicted octanol–water partition coefficient (Wildman–Crippen LogP) is 1.15. The largest absolute Gasteiger partial charge is 0.469 e. The molecule has 0 unspecified atom stereocenters. The van der Waals surface area contributed by atoms with Gasteiger partial charge in [0.15, 0.2) is 0 Å². The van der Waals surface area contributed by atoms with Crippen molar-refractivity contribution in [3.05, 3.63) is 23.8 Å². The van der Waals surface area contributed by atoms with Crippen LogP contribution in [-0.4, -0.2) is 39.4 Å². The second-order valence-corrected chi connectivity index (χ2v) is 6.57. The summed E-state index contributed by atoms with van der Waals surface area (Å²) in [7, 11) is -0.767. The number of hydrogen-bond acceptors (Lipinski definition) is 5. The second-order valence-electron chi connectivity index (χ2n) is 4.52. The van der Waals surface area contributed by atoms with Gasteiger partial charge in [-0.1, -0.05) is 0 Å². The normalized spacial score (nSPS) is 11.6. The molecule has 2 N–H and O–H groups in total. The number of nitrogen functional groups attached to an aromatic ring is 1. The average Bonchev–Trinajstić information content (AvgIpc) is 2.41. The van der Waals surface area contributed by atoms with Gasteiger partial charge in [0.25, 0.3) is 0 Å². The van der Waals surface area contributed by atoms with Gasteiger partial charge in [0.1, 0.15) is 0 Å². The minimum atomic E-state index is -3.56. The zero-order valence-electron chi connectivity index (χ0n) is 11.9. The van der Waals surface area contributed by atoms with Crippen molar-refractivity contribution in [3.63, 3.8) is 0 Å². The van der Waals surface area contributed by atoms with Crippen molar-refractivity contribution < 1.29 is 17.9 Å². The minimum Gasteiger partial charge on any atom is -0.469 e. The Balaban J connectivity index is 2.77. The molecule has 1 aromatic rings. The topological polar surface area (TPSA) is 89.7 Å². The van der Waals surface area contributed by atoms with E-state index in [1.165, 1.54) is 24.5 Å². The van der Waals surface area contributed by atoms with E-state index in [0.717, 1.165) is 0 Å². The molecule has 112 valence electrons. The first kappa shape index (κ1) is 16.5. The van der Waals surface area contributed by atoms with Crippen molar-refractivity contribution in [2.75, 3.05) is 26.4 Å². The highest BCUT2D eigenvalue weighted by atomic mass is 32.2. The molecule has 20 heavy (non-hydrogen) atoms. The van der Waals surface area contributed by atoms with Crippen LogP contribution < -0.4 is 5.73 Å². The van der Waals surface area contributed by atoms with Gasteiger partial charge < -0.3 is 10.5 Å². The fourth-order valence-corrected chi connectivity index (χ4v) is 2.95. The highest BCUT2D eigenvalue weighted by Crippen LogP contribution is 2.20. The number of rotatable bonds is 6. The smallest absolute Gasteiger partial charge is 0.305 e. The maximum atomic E-state index is 12.3. The third-order valence-corrected chi connectivity index (χ3v) is 4.88. The first-order valence-corrected chi connectivity index (χ1v) is 7.62. The minimum absolute atomic E-state index is 0.192. The quantitative estimate of drug-likeness (QED) is 0.629. The van der Waals surface area contributed by atoms with Gasteiger partial charge in [-0.05, 0) is 37.1 Å². The van der Waals surface area contributed by atoms with E-state index < -0.39 is 10.0 Å². The van der Waals surface area contributed by atoms with Crippen LogP contribution in [0.3, 0.4) is 0 Å². The van der Waals surface area contributed by atoms with E-state index in [4.69, 9.17) is 5.73 Å². The van der Waals surface area contributed by atoms with E-state index in [1.54, 1.807) is 19.1 Å². The van der Waals surface area contributed by atoms with E-state index >= 15 is 0 Å². The molecule has 0 aromatic heterocycles. The maximum absolute atomic E-state index is 12.3. The molecule has 0 aliphatic heterocycles. The fraction of sp³-hybridized carbons (Fsp3) is 0.462. The summed E-state index contributed by atoms with van der Waals surface area (Å²) in [6.45, 7) is 2.01. The number of ether oxygens (including phenoxy) is 1. The molecule has 0 radical (unpaired) electrons. The summed E-state index contributed by atoms with van der Waals surface area (Å²) < 4.78 is 30.4. The Morgan fingerprint density at radius 3 is 2.60 bits per heavy atom. The molecule has 0 aliphatic rings. The Labute approximate surface area is 119 Å². The Morgan fingerprint density at radius 2 is 2.05 bits per heavy atom. The van der Waals surface area contributed by atoms with E-state index in [-0.39, 0.29) is 23.8 Å². The molecule has 0 aliphatic carbocycles. The zero-order chi connectivity index (χ0) is 15.3. The first-order valence-electron chi connectivity index (χ1n) is 6.18. The standard InChI is InChI=1S/C13H20N2O4S/c1-10-9-11(6-7-12(10)14)20(17,18)15(2)8-4-5-13(16)19-3/h6-7,9H,4-5,8,14H2,1-3H3. The molecule has 0 fully saturated rings. The molecule has 1 rings (SSSR count). The van der Waals surface area contributed by atoms with Gasteiger partial charge in [0.05, 0.1) is 12.0 Å². The number of sulfonamides is 1. The van der Waals surface area contributed by atoms with Crippen LogP contribution in [-0.2, 0) is 19.6 Å². The molecule has 7 heteroatoms. The molecule has 0 saturated heterocycles. The summed E-state index contributed by atoms with van der Waals surface area (Å²) in [5.74, 6) is -0.348. The molecule has 1 aromatic carbocycles. The summed E-state index contributed by atoms with van der Waals surface area (Å²) in [5.41, 5.74) is 6.95. The first-order chi connectivity index (χ1) is 9.28. The molecular formula is C13H20N2O4S. The van der Waals surface area contributed by atoms with Crippen LogP contribution in [0.1, 0.15) is 18.4 Å². The van der Waals surface area contributed by atoms with Gasteiger partial charge in [-0.2, -0.15) is 0 Å². The lowest BCUT2D eigenvalue weighted by atomic mass is 10.2. The maximum Gasteiger partial charge on any atom is 0.305 e. The second kappa shape index (κ2) is 6.71. The van der Waals surface area contributed by atoms with Crippen molar-refractivity contribution in [3.8, 4) is 0 Å². The molecular weight excluding hydrogens is 280 g/mol. The van der Waals surface area contributed by atoms with Crippen LogP contribution in [0.4, 0.5) is 5.69 Å². The lowest BCUT2D eigenvalue weighted by Gasteiger charge is -2.17. The van der Waals surface area contributed by atoms with Gasteiger partial charge in [-0.3, -0.25) is 4.79 Å². The highest BCUT2D eigenvalue weighted by molar-refractivity contribution is 7.89. The number of methoxy groups -OCH3 is 1. The fourth-order valence-electron chi connectivity index (χ4n) is 1.66. The summed E-state index contributed by atoms with van der Waals surface area (Å²) >= 11 is 0. The van der Waals surface area contributed by atoms with Gasteiger partial charge in [-0.25, -0.2) is 12.7 Å². The van der Waals surface area contributed by atoms with Gasteiger partial charge in [0, 0.05) is 25.7 Å². The van der Waals surface area contributed by atoms with Crippen molar-refractivity contribution >= 4 is 21.7 Å². The van der Waals surface area contributed by atoms with E-state index in [9.17, 15) is 13.2 Å². The van der Waals surface area contributed by atoms with Crippen LogP contribution in [0.2, 0.25) is 0 Å². The Bertz CT molecular complexity index is 584. The summed E-state index contributed by atoms with van der Waals surface area (Å²) in [4.78, 5) is 11.2. The molecule has 6 nitrogen and oxygen atoms in total. The van der Waals surface area contributed by atoms with E-state index in [2.05, 4.69) is 4.74 Å². The van der Waals surface area contributed by atoms with Gasteiger partial charge in [0.2, 0.25) is 10.0 Å². The van der Waals surface area contributed by atoms with Crippen LogP contribution in [0.25, 0.3) is 0 Å². The summed E-state index contributed by atoms with van der Waals surface area (Å²) in [6.07, 6.45) is 0.605. The third-order valence-electron chi connectivity index (χ3n) is 3.03. The lowest BCUT2D eigenvalue weighted by molar-refractivity contribution is -0.140. The van der Waals surface area contributed by atoms with E-state index in [0.29, 0.717) is 17.7 Å². The number of benzene rings is 1. The van der Waals surface area contributed by atoms with Crippen molar-refractivity contribution in [2.24, 2.45) is 0 Å². The van der Waals surface area contributed by atoms with Gasteiger partial charge in [-0.15, -0.1) is 0 Å². The number of hydrogen-bond donors (Lipinski definition) is 1. The number of nitrogens with two attached hydrogens (primary N) is 1. The van der Waals surface area contributed by atoms with Crippen molar-refractivity contribution in [1.82, 2.24) is 4.31 Å². The number of carbonyl (C=O) groups excluding carboxylic acids is 1. The number of esters is 1. The summed E-state index contributed by atoms with van der Waals surface area (Å²) in [6, 6.07) is 4.60. The molecule has 0 amide bonds. The SMILES string of the molecule is COC(=O)CCCN(C)S(=O)(=O)c1ccc(N)c(C)c1.